The van der Waals surface area contributed by atoms with Gasteiger partial charge in [0.2, 0.25) is 5.91 Å². The van der Waals surface area contributed by atoms with E-state index in [4.69, 9.17) is 4.74 Å². The third kappa shape index (κ3) is 3.64. The predicted octanol–water partition coefficient (Wildman–Crippen LogP) is 5.59. The standard InChI is InChI=1S/C24H33NO3S/c1-3-28-23(27)21-18-5-4-14(2)6-19(18)29-22(21)25-20(26)13-24-10-15-7-16(11-24)9-17(8-15)12-24/h14-17H,3-13H2,1-2H3,(H,25,26). The Balaban J connectivity index is 1.36. The molecule has 4 fully saturated rings. The van der Waals surface area contributed by atoms with Gasteiger partial charge < -0.3 is 10.1 Å². The number of fused-ring (bicyclic) bond motifs is 1. The smallest absolute Gasteiger partial charge is 0.341 e. The Kier molecular flexibility index (Phi) is 5.00. The molecule has 0 radical (unpaired) electrons. The number of anilines is 1. The van der Waals surface area contributed by atoms with Crippen LogP contribution in [0.2, 0.25) is 0 Å². The van der Waals surface area contributed by atoms with Crippen LogP contribution in [0.1, 0.15) is 86.0 Å². The molecular weight excluding hydrogens is 382 g/mol. The molecule has 1 aromatic heterocycles. The molecular formula is C24H33NO3S. The summed E-state index contributed by atoms with van der Waals surface area (Å²) < 4.78 is 5.35. The van der Waals surface area contributed by atoms with Crippen molar-refractivity contribution in [3.63, 3.8) is 0 Å². The first kappa shape index (κ1) is 19.6. The number of ether oxygens (including phenoxy) is 1. The summed E-state index contributed by atoms with van der Waals surface area (Å²) in [6.45, 7) is 4.46. The van der Waals surface area contributed by atoms with E-state index in [9.17, 15) is 9.59 Å². The van der Waals surface area contributed by atoms with Crippen LogP contribution in [0.4, 0.5) is 5.00 Å². The highest BCUT2D eigenvalue weighted by Crippen LogP contribution is 2.61. The van der Waals surface area contributed by atoms with Crippen LogP contribution in [0.15, 0.2) is 0 Å². The van der Waals surface area contributed by atoms with Crippen molar-refractivity contribution in [2.24, 2.45) is 29.1 Å². The summed E-state index contributed by atoms with van der Waals surface area (Å²) in [6, 6.07) is 0. The van der Waals surface area contributed by atoms with Crippen molar-refractivity contribution in [3.05, 3.63) is 16.0 Å². The fraction of sp³-hybridized carbons (Fsp3) is 0.750. The number of amides is 1. The molecule has 0 aliphatic heterocycles. The lowest BCUT2D eigenvalue weighted by Crippen LogP contribution is -2.47. The number of esters is 1. The van der Waals surface area contributed by atoms with Gasteiger partial charge in [-0.25, -0.2) is 4.79 Å². The van der Waals surface area contributed by atoms with Gasteiger partial charge in [-0.15, -0.1) is 11.3 Å². The molecule has 4 nitrogen and oxygen atoms in total. The summed E-state index contributed by atoms with van der Waals surface area (Å²) in [5.41, 5.74) is 1.98. The van der Waals surface area contributed by atoms with Crippen molar-refractivity contribution in [1.29, 1.82) is 0 Å². The predicted molar refractivity (Wildman–Crippen MR) is 115 cm³/mol. The van der Waals surface area contributed by atoms with Gasteiger partial charge in [-0.3, -0.25) is 4.79 Å². The van der Waals surface area contributed by atoms with E-state index in [0.717, 1.165) is 47.6 Å². The van der Waals surface area contributed by atoms with Crippen molar-refractivity contribution < 1.29 is 14.3 Å². The Morgan fingerprint density at radius 3 is 2.41 bits per heavy atom. The van der Waals surface area contributed by atoms with Gasteiger partial charge in [0.1, 0.15) is 5.00 Å². The summed E-state index contributed by atoms with van der Waals surface area (Å²) in [5, 5.41) is 3.91. The fourth-order valence-electron chi connectivity index (χ4n) is 7.28. The van der Waals surface area contributed by atoms with Crippen LogP contribution in [0.5, 0.6) is 0 Å². The Labute approximate surface area is 177 Å². The lowest BCUT2D eigenvalue weighted by atomic mass is 9.49. The van der Waals surface area contributed by atoms with Crippen LogP contribution in [0.25, 0.3) is 0 Å². The van der Waals surface area contributed by atoms with Crippen LogP contribution < -0.4 is 5.32 Å². The Morgan fingerprint density at radius 2 is 1.79 bits per heavy atom. The third-order valence-electron chi connectivity index (χ3n) is 7.94. The molecule has 1 unspecified atom stereocenters. The van der Waals surface area contributed by atoms with E-state index in [1.54, 1.807) is 11.3 Å². The van der Waals surface area contributed by atoms with Crippen LogP contribution in [-0.2, 0) is 22.4 Å². The lowest BCUT2D eigenvalue weighted by Gasteiger charge is -2.56. The van der Waals surface area contributed by atoms with E-state index >= 15 is 0 Å². The van der Waals surface area contributed by atoms with E-state index in [1.807, 2.05) is 6.92 Å². The summed E-state index contributed by atoms with van der Waals surface area (Å²) >= 11 is 1.61. The van der Waals surface area contributed by atoms with E-state index in [-0.39, 0.29) is 17.3 Å². The zero-order chi connectivity index (χ0) is 20.2. The van der Waals surface area contributed by atoms with Gasteiger partial charge in [-0.1, -0.05) is 6.92 Å². The Bertz CT molecular complexity index is 791. The molecule has 158 valence electrons. The molecule has 1 atom stereocenters. The summed E-state index contributed by atoms with van der Waals surface area (Å²) in [4.78, 5) is 27.1. The van der Waals surface area contributed by atoms with Gasteiger partial charge in [0.15, 0.2) is 0 Å². The van der Waals surface area contributed by atoms with Gasteiger partial charge in [-0.05, 0) is 99.4 Å². The maximum atomic E-state index is 13.2. The first-order valence-electron chi connectivity index (χ1n) is 11.6. The second-order valence-electron chi connectivity index (χ2n) is 10.4. The Hall–Kier alpha value is -1.36. The molecule has 4 saturated carbocycles. The van der Waals surface area contributed by atoms with Crippen LogP contribution >= 0.6 is 11.3 Å². The SMILES string of the molecule is CCOC(=O)c1c(NC(=O)CC23CC4CC(CC(C4)C2)C3)sc2c1CCC(C)C2. The Morgan fingerprint density at radius 1 is 1.14 bits per heavy atom. The van der Waals surface area contributed by atoms with E-state index < -0.39 is 0 Å². The van der Waals surface area contributed by atoms with Gasteiger partial charge in [0.05, 0.1) is 12.2 Å². The summed E-state index contributed by atoms with van der Waals surface area (Å²) in [5.74, 6) is 3.00. The molecule has 0 saturated heterocycles. The highest BCUT2D eigenvalue weighted by atomic mass is 32.1. The maximum absolute atomic E-state index is 13.2. The van der Waals surface area contributed by atoms with Crippen LogP contribution in [-0.4, -0.2) is 18.5 Å². The quantitative estimate of drug-likeness (QED) is 0.637. The highest BCUT2D eigenvalue weighted by molar-refractivity contribution is 7.17. The fourth-order valence-corrected chi connectivity index (χ4v) is 8.69. The molecule has 29 heavy (non-hydrogen) atoms. The third-order valence-corrected chi connectivity index (χ3v) is 9.11. The molecule has 0 spiro atoms. The maximum Gasteiger partial charge on any atom is 0.341 e. The zero-order valence-corrected chi connectivity index (χ0v) is 18.5. The van der Waals surface area contributed by atoms with Gasteiger partial charge in [0, 0.05) is 11.3 Å². The molecule has 0 aromatic carbocycles. The van der Waals surface area contributed by atoms with Crippen molar-refractivity contribution in [3.8, 4) is 0 Å². The molecule has 4 bridgehead atoms. The first-order valence-corrected chi connectivity index (χ1v) is 12.4. The number of hydrogen-bond donors (Lipinski definition) is 1. The normalized spacial score (nSPS) is 34.7. The molecule has 6 rings (SSSR count). The number of carbonyl (C=O) groups excluding carboxylic acids is 2. The number of rotatable bonds is 5. The van der Waals surface area contributed by atoms with Crippen molar-refractivity contribution in [2.45, 2.75) is 78.1 Å². The van der Waals surface area contributed by atoms with Gasteiger partial charge in [0.25, 0.3) is 0 Å². The van der Waals surface area contributed by atoms with E-state index in [2.05, 4.69) is 12.2 Å². The lowest BCUT2D eigenvalue weighted by molar-refractivity contribution is -0.124. The zero-order valence-electron chi connectivity index (χ0n) is 17.7. The first-order chi connectivity index (χ1) is 13.9. The molecule has 5 aliphatic rings. The minimum atomic E-state index is -0.273. The second kappa shape index (κ2) is 7.40. The minimum absolute atomic E-state index is 0.101. The van der Waals surface area contributed by atoms with E-state index in [0.29, 0.717) is 24.5 Å². The van der Waals surface area contributed by atoms with Crippen molar-refractivity contribution >= 4 is 28.2 Å². The largest absolute Gasteiger partial charge is 0.462 e. The van der Waals surface area contributed by atoms with Crippen molar-refractivity contribution in [1.82, 2.24) is 0 Å². The monoisotopic (exact) mass is 415 g/mol. The van der Waals surface area contributed by atoms with E-state index in [1.165, 1.54) is 43.4 Å². The van der Waals surface area contributed by atoms with Gasteiger partial charge >= 0.3 is 5.97 Å². The molecule has 1 heterocycles. The molecule has 5 heteroatoms. The average Bonchev–Trinajstić information content (AvgIpc) is 2.96. The molecule has 1 N–H and O–H groups in total. The molecule has 5 aliphatic carbocycles. The second-order valence-corrected chi connectivity index (χ2v) is 11.5. The van der Waals surface area contributed by atoms with Crippen LogP contribution in [0, 0.1) is 29.1 Å². The number of hydrogen-bond acceptors (Lipinski definition) is 4. The van der Waals surface area contributed by atoms with Crippen LogP contribution in [0.3, 0.4) is 0 Å². The minimum Gasteiger partial charge on any atom is -0.462 e. The topological polar surface area (TPSA) is 55.4 Å². The number of nitrogens with one attached hydrogen (secondary N) is 1. The highest BCUT2D eigenvalue weighted by Gasteiger charge is 2.51. The van der Waals surface area contributed by atoms with Crippen molar-refractivity contribution in [2.75, 3.05) is 11.9 Å². The number of thiophene rings is 1. The van der Waals surface area contributed by atoms with Gasteiger partial charge in [-0.2, -0.15) is 0 Å². The molecule has 1 amide bonds. The molecule has 1 aromatic rings. The number of carbonyl (C=O) groups is 2. The summed E-state index contributed by atoms with van der Waals surface area (Å²) in [6.07, 6.45) is 11.5. The average molecular weight is 416 g/mol. The summed E-state index contributed by atoms with van der Waals surface area (Å²) in [7, 11) is 0.